The summed E-state index contributed by atoms with van der Waals surface area (Å²) in [6.45, 7) is 10.8. The Hall–Kier alpha value is -1.70. The van der Waals surface area contributed by atoms with Crippen molar-refractivity contribution in [2.24, 2.45) is 0 Å². The number of benzene rings is 1. The van der Waals surface area contributed by atoms with Gasteiger partial charge in [0.2, 0.25) is 0 Å². The van der Waals surface area contributed by atoms with Gasteiger partial charge in [-0.2, -0.15) is 0 Å². The van der Waals surface area contributed by atoms with E-state index in [1.165, 1.54) is 0 Å². The Labute approximate surface area is 110 Å². The Morgan fingerprint density at radius 3 is 2.67 bits per heavy atom. The summed E-state index contributed by atoms with van der Waals surface area (Å²) < 4.78 is 11.3. The molecule has 0 aliphatic carbocycles. The van der Waals surface area contributed by atoms with Crippen LogP contribution in [0.1, 0.15) is 25.3 Å². The van der Waals surface area contributed by atoms with Gasteiger partial charge in [-0.25, -0.2) is 0 Å². The van der Waals surface area contributed by atoms with Gasteiger partial charge in [0.15, 0.2) is 0 Å². The number of ether oxygens (including phenoxy) is 2. The summed E-state index contributed by atoms with van der Waals surface area (Å²) in [6.07, 6.45) is 6.60. The van der Waals surface area contributed by atoms with Crippen molar-refractivity contribution in [3.05, 3.63) is 49.1 Å². The smallest absolute Gasteiger partial charge is 0.123 e. The number of hydrogen-bond acceptors (Lipinski definition) is 2. The Morgan fingerprint density at radius 1 is 1.17 bits per heavy atom. The van der Waals surface area contributed by atoms with E-state index in [0.29, 0.717) is 6.61 Å². The molecular weight excluding hydrogens is 224 g/mol. The molecule has 0 fully saturated rings. The lowest BCUT2D eigenvalue weighted by Crippen LogP contribution is -2.00. The van der Waals surface area contributed by atoms with Crippen molar-refractivity contribution in [2.45, 2.75) is 26.2 Å². The second kappa shape index (κ2) is 8.40. The number of allylic oxidation sites excluding steroid dienone is 1. The van der Waals surface area contributed by atoms with Gasteiger partial charge in [-0.05, 0) is 31.0 Å². The standard InChI is InChI=1S/C16H22O2/c1-4-7-12-17-15-9-10-16(18-11-6-3)14(13-15)8-5-2/h5-6,9-10,13H,2-4,7-8,11-12H2,1H3. The van der Waals surface area contributed by atoms with Crippen LogP contribution in [0.15, 0.2) is 43.5 Å². The fourth-order valence-electron chi connectivity index (χ4n) is 1.58. The van der Waals surface area contributed by atoms with Crippen LogP contribution < -0.4 is 9.47 Å². The molecule has 98 valence electrons. The highest BCUT2D eigenvalue weighted by Crippen LogP contribution is 2.25. The van der Waals surface area contributed by atoms with Crippen molar-refractivity contribution in [3.63, 3.8) is 0 Å². The molecule has 0 saturated heterocycles. The quantitative estimate of drug-likeness (QED) is 0.481. The minimum atomic E-state index is 0.514. The fourth-order valence-corrected chi connectivity index (χ4v) is 1.58. The van der Waals surface area contributed by atoms with Gasteiger partial charge in [-0.15, -0.1) is 6.58 Å². The summed E-state index contributed by atoms with van der Waals surface area (Å²) in [6, 6.07) is 5.92. The summed E-state index contributed by atoms with van der Waals surface area (Å²) in [4.78, 5) is 0. The molecule has 1 aromatic rings. The van der Waals surface area contributed by atoms with E-state index in [-0.39, 0.29) is 0 Å². The van der Waals surface area contributed by atoms with Gasteiger partial charge < -0.3 is 9.47 Å². The molecule has 0 amide bonds. The van der Waals surface area contributed by atoms with E-state index in [4.69, 9.17) is 9.47 Å². The van der Waals surface area contributed by atoms with Crippen molar-refractivity contribution < 1.29 is 9.47 Å². The largest absolute Gasteiger partial charge is 0.494 e. The third-order valence-corrected chi connectivity index (χ3v) is 2.52. The first-order valence-corrected chi connectivity index (χ1v) is 6.42. The van der Waals surface area contributed by atoms with Crippen LogP contribution in [-0.2, 0) is 6.42 Å². The lowest BCUT2D eigenvalue weighted by atomic mass is 10.1. The zero-order valence-corrected chi connectivity index (χ0v) is 11.2. The molecule has 0 saturated carbocycles. The molecule has 0 aliphatic heterocycles. The molecule has 1 rings (SSSR count). The van der Waals surface area contributed by atoms with Crippen LogP contribution in [0.25, 0.3) is 0 Å². The molecule has 0 spiro atoms. The van der Waals surface area contributed by atoms with Crippen molar-refractivity contribution in [1.82, 2.24) is 0 Å². The Morgan fingerprint density at radius 2 is 2.00 bits per heavy atom. The molecule has 0 radical (unpaired) electrons. The maximum Gasteiger partial charge on any atom is 0.123 e. The fraction of sp³-hybridized carbons (Fsp3) is 0.375. The maximum absolute atomic E-state index is 5.68. The van der Waals surface area contributed by atoms with Crippen LogP contribution in [-0.4, -0.2) is 13.2 Å². The minimum Gasteiger partial charge on any atom is -0.494 e. The molecule has 0 bridgehead atoms. The Balaban J connectivity index is 2.74. The third kappa shape index (κ3) is 4.66. The van der Waals surface area contributed by atoms with Gasteiger partial charge in [-0.1, -0.05) is 32.1 Å². The van der Waals surface area contributed by atoms with E-state index in [1.54, 1.807) is 6.08 Å². The van der Waals surface area contributed by atoms with E-state index < -0.39 is 0 Å². The summed E-state index contributed by atoms with van der Waals surface area (Å²) in [5.41, 5.74) is 1.10. The van der Waals surface area contributed by atoms with Crippen LogP contribution in [0.4, 0.5) is 0 Å². The summed E-state index contributed by atoms with van der Waals surface area (Å²) in [5.74, 6) is 1.77. The Bertz CT molecular complexity index is 383. The molecule has 1 aromatic carbocycles. The maximum atomic E-state index is 5.68. The number of unbranched alkanes of at least 4 members (excludes halogenated alkanes) is 1. The van der Waals surface area contributed by atoms with Crippen LogP contribution in [0, 0.1) is 0 Å². The van der Waals surface area contributed by atoms with Crippen LogP contribution in [0.5, 0.6) is 11.5 Å². The highest BCUT2D eigenvalue weighted by Gasteiger charge is 2.04. The van der Waals surface area contributed by atoms with E-state index in [0.717, 1.165) is 42.9 Å². The summed E-state index contributed by atoms with van der Waals surface area (Å²) in [5, 5.41) is 0. The van der Waals surface area contributed by atoms with Crippen molar-refractivity contribution in [2.75, 3.05) is 13.2 Å². The average Bonchev–Trinajstić information content (AvgIpc) is 2.38. The molecule has 0 atom stereocenters. The molecule has 0 N–H and O–H groups in total. The van der Waals surface area contributed by atoms with Crippen LogP contribution >= 0.6 is 0 Å². The van der Waals surface area contributed by atoms with E-state index in [9.17, 15) is 0 Å². The van der Waals surface area contributed by atoms with Gasteiger partial charge in [-0.3, -0.25) is 0 Å². The van der Waals surface area contributed by atoms with Gasteiger partial charge in [0.1, 0.15) is 18.1 Å². The second-order valence-corrected chi connectivity index (χ2v) is 4.06. The van der Waals surface area contributed by atoms with Gasteiger partial charge in [0.05, 0.1) is 6.61 Å². The lowest BCUT2D eigenvalue weighted by molar-refractivity contribution is 0.307. The average molecular weight is 246 g/mol. The number of hydrogen-bond donors (Lipinski definition) is 0. The molecule has 2 heteroatoms. The first kappa shape index (κ1) is 14.4. The van der Waals surface area contributed by atoms with Gasteiger partial charge in [0, 0.05) is 5.56 Å². The monoisotopic (exact) mass is 246 g/mol. The SMILES string of the molecule is C=CCOc1ccc(OCCCC)cc1CC=C. The Kier molecular flexibility index (Phi) is 6.70. The predicted molar refractivity (Wildman–Crippen MR) is 76.4 cm³/mol. The second-order valence-electron chi connectivity index (χ2n) is 4.06. The molecule has 0 aromatic heterocycles. The van der Waals surface area contributed by atoms with Crippen LogP contribution in [0.2, 0.25) is 0 Å². The molecule has 2 nitrogen and oxygen atoms in total. The number of rotatable bonds is 9. The van der Waals surface area contributed by atoms with Crippen molar-refractivity contribution in [3.8, 4) is 11.5 Å². The van der Waals surface area contributed by atoms with Gasteiger partial charge >= 0.3 is 0 Å². The highest BCUT2D eigenvalue weighted by atomic mass is 16.5. The predicted octanol–water partition coefficient (Wildman–Crippen LogP) is 4.16. The first-order chi connectivity index (χ1) is 8.81. The molecular formula is C16H22O2. The van der Waals surface area contributed by atoms with E-state index in [1.807, 2.05) is 24.3 Å². The first-order valence-electron chi connectivity index (χ1n) is 6.42. The molecule has 0 heterocycles. The van der Waals surface area contributed by atoms with Crippen molar-refractivity contribution >= 4 is 0 Å². The lowest BCUT2D eigenvalue weighted by Gasteiger charge is -2.12. The normalized spacial score (nSPS) is 9.83. The zero-order chi connectivity index (χ0) is 13.2. The molecule has 0 unspecified atom stereocenters. The van der Waals surface area contributed by atoms with Crippen LogP contribution in [0.3, 0.4) is 0 Å². The van der Waals surface area contributed by atoms with Gasteiger partial charge in [0.25, 0.3) is 0 Å². The third-order valence-electron chi connectivity index (χ3n) is 2.52. The topological polar surface area (TPSA) is 18.5 Å². The van der Waals surface area contributed by atoms with Crippen molar-refractivity contribution in [1.29, 1.82) is 0 Å². The molecule has 18 heavy (non-hydrogen) atoms. The summed E-state index contributed by atoms with van der Waals surface area (Å²) in [7, 11) is 0. The van der Waals surface area contributed by atoms with E-state index >= 15 is 0 Å². The zero-order valence-electron chi connectivity index (χ0n) is 11.2. The highest BCUT2D eigenvalue weighted by molar-refractivity contribution is 5.41. The summed E-state index contributed by atoms with van der Waals surface area (Å²) >= 11 is 0. The van der Waals surface area contributed by atoms with E-state index in [2.05, 4.69) is 20.1 Å². The molecule has 0 aliphatic rings. The minimum absolute atomic E-state index is 0.514.